The highest BCUT2D eigenvalue weighted by molar-refractivity contribution is 9.10. The fraction of sp³-hybridized carbons (Fsp3) is 0.120. The van der Waals surface area contributed by atoms with Crippen molar-refractivity contribution in [1.82, 2.24) is 4.98 Å². The van der Waals surface area contributed by atoms with E-state index >= 15 is 0 Å². The first kappa shape index (κ1) is 24.9. The molecule has 0 aliphatic rings. The summed E-state index contributed by atoms with van der Waals surface area (Å²) in [7, 11) is 0. The van der Waals surface area contributed by atoms with Gasteiger partial charge in [0.25, 0.3) is 0 Å². The van der Waals surface area contributed by atoms with E-state index in [1.165, 1.54) is 11.8 Å². The Balaban J connectivity index is 1.58. The Kier molecular flexibility index (Phi) is 8.41. The van der Waals surface area contributed by atoms with Crippen molar-refractivity contribution in [2.75, 3.05) is 6.61 Å². The normalized spacial score (nSPS) is 11.4. The third kappa shape index (κ3) is 6.07. The van der Waals surface area contributed by atoms with Crippen LogP contribution in [0.5, 0.6) is 11.5 Å². The molecule has 172 valence electrons. The molecular weight excluding hydrogens is 575 g/mol. The lowest BCUT2D eigenvalue weighted by Gasteiger charge is -2.15. The maximum atomic E-state index is 9.72. The molecule has 9 heteroatoms. The van der Waals surface area contributed by atoms with E-state index in [0.717, 1.165) is 25.7 Å². The van der Waals surface area contributed by atoms with Crippen molar-refractivity contribution in [3.8, 4) is 17.6 Å². The second kappa shape index (κ2) is 11.5. The van der Waals surface area contributed by atoms with Gasteiger partial charge in [-0.1, -0.05) is 41.4 Å². The molecule has 4 rings (SSSR count). The van der Waals surface area contributed by atoms with Crippen LogP contribution in [0.1, 0.15) is 18.1 Å². The number of allylic oxidation sites excluding steroid dienone is 1. The number of nitrogens with zero attached hydrogens (tertiary/aromatic N) is 2. The van der Waals surface area contributed by atoms with Gasteiger partial charge in [0.2, 0.25) is 0 Å². The number of para-hydroxylation sites is 1. The summed E-state index contributed by atoms with van der Waals surface area (Å²) in [5, 5.41) is 10.8. The van der Waals surface area contributed by atoms with Gasteiger partial charge in [0.05, 0.1) is 26.2 Å². The van der Waals surface area contributed by atoms with Gasteiger partial charge in [0.1, 0.15) is 12.7 Å². The number of benzene rings is 3. The molecule has 4 aromatic rings. The van der Waals surface area contributed by atoms with E-state index < -0.39 is 0 Å². The van der Waals surface area contributed by atoms with Crippen LogP contribution < -0.4 is 9.47 Å². The largest absolute Gasteiger partial charge is 0.490 e. The third-order valence-corrected chi connectivity index (χ3v) is 7.80. The summed E-state index contributed by atoms with van der Waals surface area (Å²) in [4.78, 5) is 5.13. The maximum absolute atomic E-state index is 9.72. The molecule has 1 aromatic heterocycles. The molecule has 0 aliphatic heterocycles. The van der Waals surface area contributed by atoms with Crippen molar-refractivity contribution in [1.29, 1.82) is 5.26 Å². The molecule has 0 amide bonds. The van der Waals surface area contributed by atoms with Crippen molar-refractivity contribution in [3.05, 3.63) is 85.1 Å². The first-order valence-corrected chi connectivity index (χ1v) is 13.3. The second-order valence-corrected chi connectivity index (χ2v) is 11.0. The molecule has 0 unspecified atom stereocenters. The Bertz CT molecular complexity index is 1380. The number of hydrogen-bond acceptors (Lipinski definition) is 6. The molecule has 34 heavy (non-hydrogen) atoms. The van der Waals surface area contributed by atoms with Gasteiger partial charge < -0.3 is 9.47 Å². The van der Waals surface area contributed by atoms with Gasteiger partial charge in [-0.3, -0.25) is 0 Å². The van der Waals surface area contributed by atoms with E-state index in [-0.39, 0.29) is 6.61 Å². The van der Waals surface area contributed by atoms with Crippen molar-refractivity contribution in [3.63, 3.8) is 0 Å². The Morgan fingerprint density at radius 3 is 2.74 bits per heavy atom. The Morgan fingerprint density at radius 2 is 2.00 bits per heavy atom. The topological polar surface area (TPSA) is 55.1 Å². The van der Waals surface area contributed by atoms with E-state index in [2.05, 4.69) is 27.0 Å². The van der Waals surface area contributed by atoms with Crippen LogP contribution in [0.3, 0.4) is 0 Å². The molecule has 3 aromatic carbocycles. The third-order valence-electron chi connectivity index (χ3n) is 4.60. The highest BCUT2D eigenvalue weighted by Crippen LogP contribution is 2.40. The highest BCUT2D eigenvalue weighted by atomic mass is 79.9. The summed E-state index contributed by atoms with van der Waals surface area (Å²) in [6.07, 6.45) is 1.81. The number of fused-ring (bicyclic) bond motifs is 1. The van der Waals surface area contributed by atoms with Crippen molar-refractivity contribution in [2.24, 2.45) is 0 Å². The lowest BCUT2D eigenvalue weighted by Crippen LogP contribution is -2.01. The number of rotatable bonds is 8. The summed E-state index contributed by atoms with van der Waals surface area (Å²) in [5.74, 6) is 1.12. The van der Waals surface area contributed by atoms with Crippen LogP contribution in [0.4, 0.5) is 0 Å². The summed E-state index contributed by atoms with van der Waals surface area (Å²) in [5.41, 5.74) is 2.54. The fourth-order valence-electron chi connectivity index (χ4n) is 3.09. The first-order valence-electron chi connectivity index (χ1n) is 10.1. The Hall–Kier alpha value is -2.21. The summed E-state index contributed by atoms with van der Waals surface area (Å²) >= 11 is 18.7. The van der Waals surface area contributed by atoms with Crippen molar-refractivity contribution >= 4 is 78.5 Å². The minimum Gasteiger partial charge on any atom is -0.490 e. The van der Waals surface area contributed by atoms with Crippen LogP contribution >= 0.6 is 62.2 Å². The molecule has 4 nitrogen and oxygen atoms in total. The van der Waals surface area contributed by atoms with Gasteiger partial charge in [-0.2, -0.15) is 5.26 Å². The summed E-state index contributed by atoms with van der Waals surface area (Å²) in [6, 6.07) is 19.2. The van der Waals surface area contributed by atoms with E-state index in [9.17, 15) is 5.26 Å². The molecule has 0 saturated carbocycles. The van der Waals surface area contributed by atoms with Crippen LogP contribution in [0.2, 0.25) is 10.0 Å². The average Bonchev–Trinajstić information content (AvgIpc) is 3.22. The Labute approximate surface area is 224 Å². The van der Waals surface area contributed by atoms with Crippen LogP contribution in [0.15, 0.2) is 68.3 Å². The lowest BCUT2D eigenvalue weighted by atomic mass is 10.2. The SMILES string of the molecule is CCOc1cc(/C=C(\C#N)Sc2nc3ccccc3s2)cc(Br)c1OCc1ccc(Cl)cc1Cl. The van der Waals surface area contributed by atoms with Crippen LogP contribution in [-0.4, -0.2) is 11.6 Å². The van der Waals surface area contributed by atoms with E-state index in [4.69, 9.17) is 32.7 Å². The predicted octanol–water partition coefficient (Wildman–Crippen LogP) is 9.00. The molecule has 0 saturated heterocycles. The number of nitriles is 1. The Morgan fingerprint density at radius 1 is 1.18 bits per heavy atom. The standard InChI is InChI=1S/C25H17BrCl2N2O2S2/c1-2-31-22-11-15(9-18(13-29)33-25-30-21-5-3-4-6-23(21)34-25)10-19(26)24(22)32-14-16-7-8-17(27)12-20(16)28/h3-12H,2,14H2,1H3/b18-9+. The smallest absolute Gasteiger partial charge is 0.175 e. The van der Waals surface area contributed by atoms with Crippen LogP contribution in [-0.2, 0) is 6.61 Å². The molecule has 0 radical (unpaired) electrons. The second-order valence-electron chi connectivity index (χ2n) is 6.96. The van der Waals surface area contributed by atoms with Gasteiger partial charge in [0.15, 0.2) is 15.8 Å². The summed E-state index contributed by atoms with van der Waals surface area (Å²) < 4.78 is 14.5. The first-order chi connectivity index (χ1) is 16.5. The van der Waals surface area contributed by atoms with Gasteiger partial charge in [-0.25, -0.2) is 4.98 Å². The van der Waals surface area contributed by atoms with E-state index in [1.807, 2.05) is 55.5 Å². The molecule has 0 spiro atoms. The van der Waals surface area contributed by atoms with E-state index in [0.29, 0.717) is 37.5 Å². The van der Waals surface area contributed by atoms with Gasteiger partial charge >= 0.3 is 0 Å². The molecule has 0 atom stereocenters. The molecule has 1 heterocycles. The average molecular weight is 592 g/mol. The fourth-order valence-corrected chi connectivity index (χ4v) is 6.10. The van der Waals surface area contributed by atoms with Crippen LogP contribution in [0.25, 0.3) is 16.3 Å². The number of halogens is 3. The number of aromatic nitrogens is 1. The zero-order chi connectivity index (χ0) is 24.1. The van der Waals surface area contributed by atoms with E-state index in [1.54, 1.807) is 23.5 Å². The maximum Gasteiger partial charge on any atom is 0.175 e. The zero-order valence-electron chi connectivity index (χ0n) is 17.8. The number of thioether (sulfide) groups is 1. The summed E-state index contributed by atoms with van der Waals surface area (Å²) in [6.45, 7) is 2.62. The highest BCUT2D eigenvalue weighted by Gasteiger charge is 2.14. The van der Waals surface area contributed by atoms with Gasteiger partial charge in [-0.05, 0) is 82.7 Å². The number of hydrogen-bond donors (Lipinski definition) is 0. The van der Waals surface area contributed by atoms with Crippen molar-refractivity contribution < 1.29 is 9.47 Å². The minimum atomic E-state index is 0.251. The molecular formula is C25H17BrCl2N2O2S2. The zero-order valence-corrected chi connectivity index (χ0v) is 22.6. The molecule has 0 aliphatic carbocycles. The van der Waals surface area contributed by atoms with Crippen LogP contribution in [0, 0.1) is 11.3 Å². The monoisotopic (exact) mass is 590 g/mol. The number of ether oxygens (including phenoxy) is 2. The molecule has 0 fully saturated rings. The quantitative estimate of drug-likeness (QED) is 0.151. The predicted molar refractivity (Wildman–Crippen MR) is 145 cm³/mol. The van der Waals surface area contributed by atoms with Gasteiger partial charge in [0, 0.05) is 15.6 Å². The molecule has 0 bridgehead atoms. The minimum absolute atomic E-state index is 0.251. The van der Waals surface area contributed by atoms with Gasteiger partial charge in [-0.15, -0.1) is 11.3 Å². The lowest BCUT2D eigenvalue weighted by molar-refractivity contribution is 0.267. The molecule has 0 N–H and O–H groups in total. The number of thiazole rings is 1. The van der Waals surface area contributed by atoms with Crippen molar-refractivity contribution in [2.45, 2.75) is 17.9 Å².